The number of rotatable bonds is 5. The maximum atomic E-state index is 12.5. The topological polar surface area (TPSA) is 64.0 Å². The Balaban J connectivity index is 1.91. The monoisotopic (exact) mass is 325 g/mol. The summed E-state index contributed by atoms with van der Waals surface area (Å²) in [6, 6.07) is 11.3. The Kier molecular flexibility index (Phi) is 5.08. The number of hydrogen-bond donors (Lipinski definition) is 1. The zero-order valence-electron chi connectivity index (χ0n) is 14.0. The highest BCUT2D eigenvalue weighted by Crippen LogP contribution is 2.18. The summed E-state index contributed by atoms with van der Waals surface area (Å²) in [5, 5.41) is 3.04. The van der Waals surface area contributed by atoms with Gasteiger partial charge in [0.1, 0.15) is 12.4 Å². The van der Waals surface area contributed by atoms with Crippen LogP contribution in [0.1, 0.15) is 38.3 Å². The smallest absolute Gasteiger partial charge is 0.254 e. The van der Waals surface area contributed by atoms with Gasteiger partial charge in [-0.2, -0.15) is 0 Å². The van der Waals surface area contributed by atoms with Crippen LogP contribution in [0.15, 0.2) is 41.2 Å². The highest BCUT2D eigenvalue weighted by atomic mass is 16.2. The van der Waals surface area contributed by atoms with Gasteiger partial charge in [-0.3, -0.25) is 14.2 Å². The number of hydrogen-bond acceptors (Lipinski definition) is 3. The fourth-order valence-corrected chi connectivity index (χ4v) is 3.18. The van der Waals surface area contributed by atoms with Crippen LogP contribution in [-0.2, 0) is 17.8 Å². The minimum absolute atomic E-state index is 0.0105. The van der Waals surface area contributed by atoms with E-state index in [-0.39, 0.29) is 24.1 Å². The Bertz CT molecular complexity index is 762. The van der Waals surface area contributed by atoms with Crippen molar-refractivity contribution < 1.29 is 4.79 Å². The van der Waals surface area contributed by atoms with Gasteiger partial charge in [-0.05, 0) is 19.3 Å². The van der Waals surface area contributed by atoms with E-state index < -0.39 is 0 Å². The van der Waals surface area contributed by atoms with Crippen LogP contribution in [0.5, 0.6) is 0 Å². The molecule has 5 nitrogen and oxygen atoms in total. The summed E-state index contributed by atoms with van der Waals surface area (Å²) < 4.78 is 1.47. The molecule has 1 saturated carbocycles. The van der Waals surface area contributed by atoms with Crippen LogP contribution in [0.2, 0.25) is 0 Å². The van der Waals surface area contributed by atoms with Crippen LogP contribution in [0.25, 0.3) is 11.4 Å². The fraction of sp³-hybridized carbons (Fsp3) is 0.421. The normalized spacial score (nSPS) is 14.7. The number of nitrogens with one attached hydrogen (secondary N) is 1. The van der Waals surface area contributed by atoms with E-state index in [0.29, 0.717) is 12.2 Å². The van der Waals surface area contributed by atoms with Gasteiger partial charge in [0, 0.05) is 23.4 Å². The van der Waals surface area contributed by atoms with Crippen LogP contribution in [0.4, 0.5) is 0 Å². The van der Waals surface area contributed by atoms with Gasteiger partial charge in [0.2, 0.25) is 5.91 Å². The van der Waals surface area contributed by atoms with Crippen molar-refractivity contribution in [3.8, 4) is 11.4 Å². The first kappa shape index (κ1) is 16.4. The van der Waals surface area contributed by atoms with Gasteiger partial charge in [-0.15, -0.1) is 0 Å². The molecule has 1 amide bonds. The van der Waals surface area contributed by atoms with E-state index in [1.54, 1.807) is 0 Å². The summed E-state index contributed by atoms with van der Waals surface area (Å²) in [6.45, 7) is 1.98. The van der Waals surface area contributed by atoms with E-state index in [9.17, 15) is 9.59 Å². The van der Waals surface area contributed by atoms with Gasteiger partial charge < -0.3 is 5.32 Å². The predicted octanol–water partition coefficient (Wildman–Crippen LogP) is 2.53. The van der Waals surface area contributed by atoms with Crippen molar-refractivity contribution in [2.75, 3.05) is 0 Å². The molecule has 0 atom stereocenters. The number of nitrogens with zero attached hydrogens (tertiary/aromatic N) is 2. The minimum Gasteiger partial charge on any atom is -0.352 e. The lowest BCUT2D eigenvalue weighted by Crippen LogP contribution is -2.38. The third-order valence-corrected chi connectivity index (χ3v) is 4.48. The third-order valence-electron chi connectivity index (χ3n) is 4.48. The lowest BCUT2D eigenvalue weighted by molar-refractivity contribution is -0.122. The zero-order valence-corrected chi connectivity index (χ0v) is 14.0. The first-order valence-corrected chi connectivity index (χ1v) is 8.63. The molecule has 0 aliphatic heterocycles. The largest absolute Gasteiger partial charge is 0.352 e. The maximum Gasteiger partial charge on any atom is 0.254 e. The van der Waals surface area contributed by atoms with Crippen molar-refractivity contribution in [1.29, 1.82) is 0 Å². The molecule has 5 heteroatoms. The first-order chi connectivity index (χ1) is 11.7. The van der Waals surface area contributed by atoms with Gasteiger partial charge in [-0.1, -0.05) is 50.1 Å². The number of benzene rings is 1. The summed E-state index contributed by atoms with van der Waals surface area (Å²) in [7, 11) is 0. The standard InChI is InChI=1S/C19H23N3O2/c1-2-15-12-18(24)22(13-17(23)20-16-10-6-7-11-16)19(21-15)14-8-4-3-5-9-14/h3-5,8-9,12,16H,2,6-7,10-11,13H2,1H3,(H,20,23). The Morgan fingerprint density at radius 3 is 2.62 bits per heavy atom. The molecule has 2 aromatic rings. The molecule has 1 aromatic heterocycles. The SMILES string of the molecule is CCc1cc(=O)n(CC(=O)NC2CCCC2)c(-c2ccccc2)n1. The fourth-order valence-electron chi connectivity index (χ4n) is 3.18. The van der Waals surface area contributed by atoms with E-state index in [4.69, 9.17) is 0 Å². The van der Waals surface area contributed by atoms with E-state index in [0.717, 1.165) is 36.9 Å². The highest BCUT2D eigenvalue weighted by Gasteiger charge is 2.19. The minimum atomic E-state index is -0.178. The summed E-state index contributed by atoms with van der Waals surface area (Å²) >= 11 is 0. The van der Waals surface area contributed by atoms with E-state index in [2.05, 4.69) is 10.3 Å². The highest BCUT2D eigenvalue weighted by molar-refractivity contribution is 5.76. The van der Waals surface area contributed by atoms with Crippen LogP contribution in [0, 0.1) is 0 Å². The molecule has 1 aliphatic rings. The average molecular weight is 325 g/mol. The number of carbonyl (C=O) groups is 1. The zero-order chi connectivity index (χ0) is 16.9. The van der Waals surface area contributed by atoms with Gasteiger partial charge in [0.15, 0.2) is 0 Å². The van der Waals surface area contributed by atoms with E-state index in [1.165, 1.54) is 10.6 Å². The summed E-state index contributed by atoms with van der Waals surface area (Å²) in [6.07, 6.45) is 5.06. The van der Waals surface area contributed by atoms with Crippen molar-refractivity contribution in [1.82, 2.24) is 14.9 Å². The molecule has 1 N–H and O–H groups in total. The van der Waals surface area contributed by atoms with Crippen molar-refractivity contribution >= 4 is 5.91 Å². The molecule has 0 saturated heterocycles. The molecule has 0 radical (unpaired) electrons. The Morgan fingerprint density at radius 1 is 1.25 bits per heavy atom. The second-order valence-electron chi connectivity index (χ2n) is 6.26. The molecule has 3 rings (SSSR count). The molecular formula is C19H23N3O2. The van der Waals surface area contributed by atoms with Gasteiger partial charge in [0.05, 0.1) is 0 Å². The Hall–Kier alpha value is -2.43. The Labute approximate surface area is 141 Å². The van der Waals surface area contributed by atoms with Crippen molar-refractivity contribution in [3.05, 3.63) is 52.4 Å². The van der Waals surface area contributed by atoms with Crippen LogP contribution in [0.3, 0.4) is 0 Å². The van der Waals surface area contributed by atoms with Crippen molar-refractivity contribution in [3.63, 3.8) is 0 Å². The number of aromatic nitrogens is 2. The lowest BCUT2D eigenvalue weighted by atomic mass is 10.2. The molecule has 1 aromatic carbocycles. The molecule has 0 bridgehead atoms. The lowest BCUT2D eigenvalue weighted by Gasteiger charge is -2.16. The summed E-state index contributed by atoms with van der Waals surface area (Å²) in [5.74, 6) is 0.439. The quantitative estimate of drug-likeness (QED) is 0.919. The maximum absolute atomic E-state index is 12.5. The second kappa shape index (κ2) is 7.43. The van der Waals surface area contributed by atoms with Gasteiger partial charge in [0.25, 0.3) is 5.56 Å². The number of carbonyl (C=O) groups excluding carboxylic acids is 1. The van der Waals surface area contributed by atoms with Crippen LogP contribution < -0.4 is 10.9 Å². The molecule has 1 aliphatic carbocycles. The van der Waals surface area contributed by atoms with Crippen molar-refractivity contribution in [2.45, 2.75) is 51.6 Å². The molecule has 0 unspecified atom stereocenters. The van der Waals surface area contributed by atoms with Crippen LogP contribution in [-0.4, -0.2) is 21.5 Å². The first-order valence-electron chi connectivity index (χ1n) is 8.63. The molecule has 1 heterocycles. The number of aryl methyl sites for hydroxylation is 1. The Morgan fingerprint density at radius 2 is 1.96 bits per heavy atom. The molecule has 0 spiro atoms. The molecular weight excluding hydrogens is 302 g/mol. The summed E-state index contributed by atoms with van der Waals surface area (Å²) in [4.78, 5) is 29.5. The molecule has 126 valence electrons. The third kappa shape index (κ3) is 3.72. The molecule has 24 heavy (non-hydrogen) atoms. The van der Waals surface area contributed by atoms with Crippen LogP contribution >= 0.6 is 0 Å². The molecule has 1 fully saturated rings. The summed E-state index contributed by atoms with van der Waals surface area (Å²) in [5.41, 5.74) is 1.41. The van der Waals surface area contributed by atoms with Gasteiger partial charge >= 0.3 is 0 Å². The van der Waals surface area contributed by atoms with Crippen molar-refractivity contribution in [2.24, 2.45) is 0 Å². The predicted molar refractivity (Wildman–Crippen MR) is 93.7 cm³/mol. The second-order valence-corrected chi connectivity index (χ2v) is 6.26. The average Bonchev–Trinajstić information content (AvgIpc) is 3.10. The van der Waals surface area contributed by atoms with E-state index >= 15 is 0 Å². The number of amides is 1. The van der Waals surface area contributed by atoms with E-state index in [1.807, 2.05) is 37.3 Å². The van der Waals surface area contributed by atoms with Gasteiger partial charge in [-0.25, -0.2) is 4.98 Å².